The Morgan fingerprint density at radius 3 is 2.42 bits per heavy atom. The molecule has 8 heteroatoms. The second-order valence-corrected chi connectivity index (χ2v) is 8.61. The Bertz CT molecular complexity index is 1250. The van der Waals surface area contributed by atoms with E-state index in [9.17, 15) is 4.79 Å². The first-order chi connectivity index (χ1) is 17.2. The first-order valence-corrected chi connectivity index (χ1v) is 12.3. The van der Waals surface area contributed by atoms with Crippen LogP contribution >= 0.6 is 0 Å². The van der Waals surface area contributed by atoms with E-state index in [0.29, 0.717) is 42.8 Å². The van der Waals surface area contributed by atoms with Crippen LogP contribution in [0.5, 0.6) is 11.5 Å². The van der Waals surface area contributed by atoms with Crippen molar-refractivity contribution in [2.45, 2.75) is 48.0 Å². The number of guanidine groups is 1. The molecular formula is C28H37N5O3. The van der Waals surface area contributed by atoms with Crippen LogP contribution in [0, 0.1) is 27.7 Å². The third-order valence-corrected chi connectivity index (χ3v) is 6.19. The van der Waals surface area contributed by atoms with Gasteiger partial charge in [-0.05, 0) is 88.9 Å². The van der Waals surface area contributed by atoms with Gasteiger partial charge in [-0.25, -0.2) is 0 Å². The van der Waals surface area contributed by atoms with Crippen molar-refractivity contribution in [3.8, 4) is 11.5 Å². The Hall–Kier alpha value is -3.81. The summed E-state index contributed by atoms with van der Waals surface area (Å²) in [5.41, 5.74) is 6.88. The predicted octanol–water partition coefficient (Wildman–Crippen LogP) is 4.89. The van der Waals surface area contributed by atoms with E-state index in [4.69, 9.17) is 14.5 Å². The first kappa shape index (κ1) is 26.8. The number of nitrogens with zero attached hydrogens (tertiary/aromatic N) is 3. The molecule has 192 valence electrons. The standard InChI is InChI=1S/C28H37N5O3/c1-8-35-25-14-13-22(17-26(25)36-9-2)27(34)31-28(30-24-12-10-11-18(3)19(24)4)29-16-15-23-20(5)32-33(7)21(23)6/h10-14,17H,8-9,15-16H2,1-7H3,(H2,29,30,31,34). The minimum atomic E-state index is -0.288. The van der Waals surface area contributed by atoms with Crippen LogP contribution in [0.25, 0.3) is 0 Å². The minimum Gasteiger partial charge on any atom is -0.490 e. The van der Waals surface area contributed by atoms with Gasteiger partial charge in [0.25, 0.3) is 5.91 Å². The number of carbonyl (C=O) groups excluding carboxylic acids is 1. The van der Waals surface area contributed by atoms with Crippen LogP contribution < -0.4 is 20.1 Å². The van der Waals surface area contributed by atoms with E-state index < -0.39 is 0 Å². The zero-order valence-corrected chi connectivity index (χ0v) is 22.4. The van der Waals surface area contributed by atoms with Crippen molar-refractivity contribution < 1.29 is 14.3 Å². The predicted molar refractivity (Wildman–Crippen MR) is 144 cm³/mol. The summed E-state index contributed by atoms with van der Waals surface area (Å²) in [6, 6.07) is 11.2. The number of hydrogen-bond acceptors (Lipinski definition) is 5. The largest absolute Gasteiger partial charge is 0.490 e. The fourth-order valence-electron chi connectivity index (χ4n) is 3.96. The van der Waals surface area contributed by atoms with Crippen molar-refractivity contribution in [1.82, 2.24) is 15.1 Å². The third-order valence-electron chi connectivity index (χ3n) is 6.19. The first-order valence-electron chi connectivity index (χ1n) is 12.3. The van der Waals surface area contributed by atoms with E-state index in [1.54, 1.807) is 18.2 Å². The van der Waals surface area contributed by atoms with E-state index in [2.05, 4.69) is 35.6 Å². The lowest BCUT2D eigenvalue weighted by atomic mass is 10.1. The Morgan fingerprint density at radius 1 is 1.03 bits per heavy atom. The van der Waals surface area contributed by atoms with Crippen molar-refractivity contribution in [3.05, 3.63) is 70.0 Å². The summed E-state index contributed by atoms with van der Waals surface area (Å²) < 4.78 is 13.2. The number of rotatable bonds is 9. The van der Waals surface area contributed by atoms with Gasteiger partial charge >= 0.3 is 0 Å². The van der Waals surface area contributed by atoms with Crippen LogP contribution in [0.4, 0.5) is 5.69 Å². The molecular weight excluding hydrogens is 454 g/mol. The molecule has 0 aliphatic heterocycles. The van der Waals surface area contributed by atoms with Gasteiger partial charge in [-0.15, -0.1) is 0 Å². The molecule has 2 aromatic carbocycles. The summed E-state index contributed by atoms with van der Waals surface area (Å²) in [5, 5.41) is 10.8. The number of ether oxygens (including phenoxy) is 2. The summed E-state index contributed by atoms with van der Waals surface area (Å²) in [7, 11) is 1.94. The van der Waals surface area contributed by atoms with Crippen LogP contribution in [-0.4, -0.2) is 41.4 Å². The maximum atomic E-state index is 13.2. The molecule has 0 saturated heterocycles. The van der Waals surface area contributed by atoms with Gasteiger partial charge in [0.15, 0.2) is 11.5 Å². The van der Waals surface area contributed by atoms with Crippen LogP contribution in [0.2, 0.25) is 0 Å². The van der Waals surface area contributed by atoms with Crippen molar-refractivity contribution >= 4 is 17.6 Å². The molecule has 1 amide bonds. The van der Waals surface area contributed by atoms with Crippen LogP contribution in [0.15, 0.2) is 41.4 Å². The summed E-state index contributed by atoms with van der Waals surface area (Å²) >= 11 is 0. The van der Waals surface area contributed by atoms with Gasteiger partial charge in [0, 0.05) is 30.5 Å². The monoisotopic (exact) mass is 491 g/mol. The van der Waals surface area contributed by atoms with E-state index >= 15 is 0 Å². The van der Waals surface area contributed by atoms with Crippen molar-refractivity contribution in [3.63, 3.8) is 0 Å². The number of aliphatic imine (C=N–C) groups is 1. The summed E-state index contributed by atoms with van der Waals surface area (Å²) in [6.45, 7) is 13.4. The van der Waals surface area contributed by atoms with Gasteiger partial charge in [0.05, 0.1) is 18.9 Å². The number of carbonyl (C=O) groups is 1. The molecule has 2 N–H and O–H groups in total. The molecule has 0 atom stereocenters. The maximum absolute atomic E-state index is 13.2. The van der Waals surface area contributed by atoms with Gasteiger partial charge in [-0.1, -0.05) is 12.1 Å². The highest BCUT2D eigenvalue weighted by Crippen LogP contribution is 2.28. The van der Waals surface area contributed by atoms with Gasteiger partial charge in [0.2, 0.25) is 5.96 Å². The number of anilines is 1. The van der Waals surface area contributed by atoms with Crippen LogP contribution in [0.3, 0.4) is 0 Å². The minimum absolute atomic E-state index is 0.288. The molecule has 0 radical (unpaired) electrons. The Labute approximate surface area is 213 Å². The van der Waals surface area contributed by atoms with E-state index in [1.807, 2.05) is 51.6 Å². The van der Waals surface area contributed by atoms with Crippen LogP contribution in [0.1, 0.15) is 52.3 Å². The lowest BCUT2D eigenvalue weighted by Crippen LogP contribution is -2.36. The number of amides is 1. The highest BCUT2D eigenvalue weighted by Gasteiger charge is 2.15. The second-order valence-electron chi connectivity index (χ2n) is 8.61. The highest BCUT2D eigenvalue weighted by molar-refractivity contribution is 6.10. The summed E-state index contributed by atoms with van der Waals surface area (Å²) in [6.07, 6.45) is 0.719. The van der Waals surface area contributed by atoms with Gasteiger partial charge in [-0.2, -0.15) is 5.10 Å². The number of nitrogens with one attached hydrogen (secondary N) is 2. The lowest BCUT2D eigenvalue weighted by molar-refractivity contribution is 0.0976. The van der Waals surface area contributed by atoms with Crippen molar-refractivity contribution in [1.29, 1.82) is 0 Å². The molecule has 1 heterocycles. The quantitative estimate of drug-likeness (QED) is 0.329. The summed E-state index contributed by atoms with van der Waals surface area (Å²) in [4.78, 5) is 18.0. The second kappa shape index (κ2) is 12.2. The number of hydrogen-bond donors (Lipinski definition) is 2. The average molecular weight is 492 g/mol. The molecule has 3 aromatic rings. The molecule has 3 rings (SSSR count). The lowest BCUT2D eigenvalue weighted by Gasteiger charge is -2.16. The zero-order chi connectivity index (χ0) is 26.2. The normalized spacial score (nSPS) is 11.4. The van der Waals surface area contributed by atoms with E-state index in [-0.39, 0.29) is 5.91 Å². The molecule has 1 aromatic heterocycles. The molecule has 0 fully saturated rings. The Morgan fingerprint density at radius 2 is 1.75 bits per heavy atom. The number of benzene rings is 2. The fraction of sp³-hybridized carbons (Fsp3) is 0.393. The topological polar surface area (TPSA) is 89.8 Å². The van der Waals surface area contributed by atoms with E-state index in [0.717, 1.165) is 34.6 Å². The number of aromatic nitrogens is 2. The molecule has 0 unspecified atom stereocenters. The van der Waals surface area contributed by atoms with Crippen LogP contribution in [-0.2, 0) is 13.5 Å². The molecule has 0 saturated carbocycles. The van der Waals surface area contributed by atoms with Gasteiger partial charge < -0.3 is 14.8 Å². The molecule has 0 aliphatic carbocycles. The highest BCUT2D eigenvalue weighted by atomic mass is 16.5. The zero-order valence-electron chi connectivity index (χ0n) is 22.4. The molecule has 0 aliphatic rings. The van der Waals surface area contributed by atoms with Gasteiger partial charge in [-0.3, -0.25) is 19.8 Å². The van der Waals surface area contributed by atoms with Crippen molar-refractivity contribution in [2.24, 2.45) is 12.0 Å². The fourth-order valence-corrected chi connectivity index (χ4v) is 3.96. The smallest absolute Gasteiger partial charge is 0.258 e. The van der Waals surface area contributed by atoms with E-state index in [1.165, 1.54) is 5.56 Å². The molecule has 0 bridgehead atoms. The Balaban J connectivity index is 1.85. The van der Waals surface area contributed by atoms with Crippen molar-refractivity contribution in [2.75, 3.05) is 25.1 Å². The SMILES string of the molecule is CCOc1ccc(C(=O)NC(=NCCc2c(C)nn(C)c2C)Nc2cccc(C)c2C)cc1OCC. The Kier molecular flexibility index (Phi) is 9.11. The third kappa shape index (κ3) is 6.44. The molecule has 36 heavy (non-hydrogen) atoms. The molecule has 0 spiro atoms. The number of aryl methyl sites for hydroxylation is 3. The average Bonchev–Trinajstić information content (AvgIpc) is 3.09. The van der Waals surface area contributed by atoms with Gasteiger partial charge in [0.1, 0.15) is 0 Å². The summed E-state index contributed by atoms with van der Waals surface area (Å²) in [5.74, 6) is 1.25. The molecule has 8 nitrogen and oxygen atoms in total. The maximum Gasteiger partial charge on any atom is 0.258 e.